The van der Waals surface area contributed by atoms with Crippen molar-refractivity contribution < 1.29 is 4.74 Å². The Morgan fingerprint density at radius 2 is 2.17 bits per heavy atom. The molecular weight excluding hydrogens is 272 g/mol. The molecule has 0 aliphatic carbocycles. The fraction of sp³-hybridized carbons (Fsp3) is 0.273. The van der Waals surface area contributed by atoms with Gasteiger partial charge in [-0.2, -0.15) is 0 Å². The number of aromatic nitrogens is 3. The number of thioether (sulfide) groups is 1. The van der Waals surface area contributed by atoms with Gasteiger partial charge in [-0.1, -0.05) is 41.6 Å². The van der Waals surface area contributed by atoms with E-state index in [4.69, 9.17) is 22.2 Å². The largest absolute Gasteiger partial charge is 0.377 e. The molecule has 0 saturated carbocycles. The fourth-order valence-corrected chi connectivity index (χ4v) is 2.55. The third-order valence-electron chi connectivity index (χ3n) is 2.32. The van der Waals surface area contributed by atoms with E-state index in [1.807, 2.05) is 24.3 Å². The van der Waals surface area contributed by atoms with Gasteiger partial charge in [0.25, 0.3) is 0 Å². The van der Waals surface area contributed by atoms with Crippen molar-refractivity contribution in [1.29, 1.82) is 0 Å². The fourth-order valence-electron chi connectivity index (χ4n) is 1.39. The van der Waals surface area contributed by atoms with Gasteiger partial charge < -0.3 is 10.6 Å². The highest BCUT2D eigenvalue weighted by Crippen LogP contribution is 2.24. The van der Waals surface area contributed by atoms with Gasteiger partial charge in [0.1, 0.15) is 6.61 Å². The SMILES string of the molecule is COCc1nnc(SCc2ccccc2Cl)n1N. The monoisotopic (exact) mass is 284 g/mol. The zero-order chi connectivity index (χ0) is 13.0. The molecule has 2 aromatic rings. The van der Waals surface area contributed by atoms with Crippen LogP contribution in [0.25, 0.3) is 0 Å². The first-order chi connectivity index (χ1) is 8.72. The molecular formula is C11H13ClN4OS. The van der Waals surface area contributed by atoms with Crippen LogP contribution in [0.3, 0.4) is 0 Å². The molecule has 0 aliphatic rings. The van der Waals surface area contributed by atoms with Gasteiger partial charge in [-0.15, -0.1) is 10.2 Å². The third kappa shape index (κ3) is 2.95. The molecule has 0 atom stereocenters. The van der Waals surface area contributed by atoms with E-state index in [-0.39, 0.29) is 0 Å². The summed E-state index contributed by atoms with van der Waals surface area (Å²) in [6.07, 6.45) is 0. The predicted octanol–water partition coefficient (Wildman–Crippen LogP) is 2.08. The summed E-state index contributed by atoms with van der Waals surface area (Å²) in [5.41, 5.74) is 1.04. The number of nitrogen functional groups attached to an aromatic ring is 1. The molecule has 0 unspecified atom stereocenters. The van der Waals surface area contributed by atoms with E-state index in [0.29, 0.717) is 23.3 Å². The van der Waals surface area contributed by atoms with Gasteiger partial charge in [-0.05, 0) is 11.6 Å². The molecule has 1 aromatic heterocycles. The number of nitrogens with zero attached hydrogens (tertiary/aromatic N) is 3. The van der Waals surface area contributed by atoms with Gasteiger partial charge in [-0.25, -0.2) is 4.68 Å². The molecule has 1 heterocycles. The lowest BCUT2D eigenvalue weighted by Gasteiger charge is -2.04. The van der Waals surface area contributed by atoms with Crippen molar-refractivity contribution in [2.24, 2.45) is 0 Å². The molecule has 0 spiro atoms. The summed E-state index contributed by atoms with van der Waals surface area (Å²) in [4.78, 5) is 0. The first-order valence-electron chi connectivity index (χ1n) is 5.27. The lowest BCUT2D eigenvalue weighted by atomic mass is 10.2. The lowest BCUT2D eigenvalue weighted by molar-refractivity contribution is 0.175. The number of halogens is 1. The Hall–Kier alpha value is -1.24. The Morgan fingerprint density at radius 3 is 2.89 bits per heavy atom. The van der Waals surface area contributed by atoms with E-state index in [2.05, 4.69) is 10.2 Å². The topological polar surface area (TPSA) is 66.0 Å². The van der Waals surface area contributed by atoms with Gasteiger partial charge in [0.05, 0.1) is 0 Å². The zero-order valence-corrected chi connectivity index (χ0v) is 11.4. The quantitative estimate of drug-likeness (QED) is 0.673. The summed E-state index contributed by atoms with van der Waals surface area (Å²) >= 11 is 7.56. The van der Waals surface area contributed by atoms with Crippen LogP contribution in [0.2, 0.25) is 5.02 Å². The zero-order valence-electron chi connectivity index (χ0n) is 9.84. The third-order valence-corrected chi connectivity index (χ3v) is 3.68. The molecule has 0 amide bonds. The number of ether oxygens (including phenoxy) is 1. The number of rotatable bonds is 5. The summed E-state index contributed by atoms with van der Waals surface area (Å²) in [6.45, 7) is 0.343. The van der Waals surface area contributed by atoms with E-state index < -0.39 is 0 Å². The van der Waals surface area contributed by atoms with Crippen LogP contribution >= 0.6 is 23.4 Å². The van der Waals surface area contributed by atoms with E-state index in [9.17, 15) is 0 Å². The Labute approximate surface area is 114 Å². The van der Waals surface area contributed by atoms with Crippen molar-refractivity contribution in [3.63, 3.8) is 0 Å². The van der Waals surface area contributed by atoms with Crippen LogP contribution in [-0.2, 0) is 17.1 Å². The van der Waals surface area contributed by atoms with E-state index in [1.54, 1.807) is 7.11 Å². The predicted molar refractivity (Wildman–Crippen MR) is 71.9 cm³/mol. The number of hydrogen-bond donors (Lipinski definition) is 1. The van der Waals surface area contributed by atoms with Gasteiger partial charge in [0.2, 0.25) is 5.16 Å². The van der Waals surface area contributed by atoms with Crippen LogP contribution in [0, 0.1) is 0 Å². The van der Waals surface area contributed by atoms with Gasteiger partial charge >= 0.3 is 0 Å². The highest BCUT2D eigenvalue weighted by Gasteiger charge is 2.10. The Kier molecular flexibility index (Phi) is 4.46. The molecule has 0 fully saturated rings. The number of hydrogen-bond acceptors (Lipinski definition) is 5. The first-order valence-corrected chi connectivity index (χ1v) is 6.63. The summed E-state index contributed by atoms with van der Waals surface area (Å²) < 4.78 is 6.41. The van der Waals surface area contributed by atoms with Crippen LogP contribution in [0.1, 0.15) is 11.4 Å². The minimum atomic E-state index is 0.343. The van der Waals surface area contributed by atoms with Crippen molar-refractivity contribution in [3.8, 4) is 0 Å². The minimum Gasteiger partial charge on any atom is -0.377 e. The summed E-state index contributed by atoms with van der Waals surface area (Å²) in [5, 5.41) is 9.34. The molecule has 2 N–H and O–H groups in total. The first kappa shape index (κ1) is 13.2. The van der Waals surface area contributed by atoms with Crippen LogP contribution < -0.4 is 5.84 Å². The van der Waals surface area contributed by atoms with Gasteiger partial charge in [0.15, 0.2) is 5.82 Å². The summed E-state index contributed by atoms with van der Waals surface area (Å²) in [7, 11) is 1.59. The van der Waals surface area contributed by atoms with E-state index in [1.165, 1.54) is 16.4 Å². The second-order valence-corrected chi connectivity index (χ2v) is 4.93. The average molecular weight is 285 g/mol. The van der Waals surface area contributed by atoms with Crippen LogP contribution in [0.15, 0.2) is 29.4 Å². The van der Waals surface area contributed by atoms with Crippen LogP contribution in [0.4, 0.5) is 0 Å². The molecule has 0 aliphatic heterocycles. The number of nitrogens with two attached hydrogens (primary N) is 1. The highest BCUT2D eigenvalue weighted by atomic mass is 35.5. The van der Waals surface area contributed by atoms with E-state index in [0.717, 1.165) is 10.6 Å². The summed E-state index contributed by atoms with van der Waals surface area (Å²) in [6, 6.07) is 7.69. The van der Waals surface area contributed by atoms with E-state index >= 15 is 0 Å². The smallest absolute Gasteiger partial charge is 0.210 e. The van der Waals surface area contributed by atoms with Gasteiger partial charge in [-0.3, -0.25) is 0 Å². The molecule has 96 valence electrons. The second-order valence-electron chi connectivity index (χ2n) is 3.58. The van der Waals surface area contributed by atoms with Crippen LogP contribution in [-0.4, -0.2) is 22.0 Å². The Bertz CT molecular complexity index is 532. The maximum absolute atomic E-state index is 6.08. The van der Waals surface area contributed by atoms with Crippen molar-refractivity contribution in [2.75, 3.05) is 13.0 Å². The standard InChI is InChI=1S/C11H13ClN4OS/c1-17-6-10-14-15-11(16(10)13)18-7-8-4-2-3-5-9(8)12/h2-5H,6-7,13H2,1H3. The normalized spacial score (nSPS) is 10.8. The maximum atomic E-state index is 6.08. The molecule has 2 rings (SSSR count). The maximum Gasteiger partial charge on any atom is 0.210 e. The molecule has 18 heavy (non-hydrogen) atoms. The minimum absolute atomic E-state index is 0.343. The highest BCUT2D eigenvalue weighted by molar-refractivity contribution is 7.98. The Morgan fingerprint density at radius 1 is 1.39 bits per heavy atom. The number of benzene rings is 1. The van der Waals surface area contributed by atoms with Gasteiger partial charge in [0, 0.05) is 17.9 Å². The van der Waals surface area contributed by atoms with Crippen molar-refractivity contribution in [3.05, 3.63) is 40.7 Å². The molecule has 0 saturated heterocycles. The molecule has 1 aromatic carbocycles. The second kappa shape index (κ2) is 6.08. The van der Waals surface area contributed by atoms with Crippen molar-refractivity contribution >= 4 is 23.4 Å². The lowest BCUT2D eigenvalue weighted by Crippen LogP contribution is -2.14. The average Bonchev–Trinajstić information content (AvgIpc) is 2.71. The Balaban J connectivity index is 2.05. The summed E-state index contributed by atoms with van der Waals surface area (Å²) in [5.74, 6) is 7.14. The molecule has 5 nitrogen and oxygen atoms in total. The molecule has 0 radical (unpaired) electrons. The van der Waals surface area contributed by atoms with Crippen molar-refractivity contribution in [1.82, 2.24) is 14.9 Å². The molecule has 0 bridgehead atoms. The van der Waals surface area contributed by atoms with Crippen molar-refractivity contribution in [2.45, 2.75) is 17.5 Å². The number of methoxy groups -OCH3 is 1. The van der Waals surface area contributed by atoms with Crippen LogP contribution in [0.5, 0.6) is 0 Å². The molecule has 7 heteroatoms.